The molecule has 4 aliphatic carbocycles. The second kappa shape index (κ2) is 6.98. The lowest BCUT2D eigenvalue weighted by molar-refractivity contribution is -0.105. The molecule has 4 nitrogen and oxygen atoms in total. The summed E-state index contributed by atoms with van der Waals surface area (Å²) in [7, 11) is -3.55. The third kappa shape index (κ3) is 3.82. The number of ether oxygens (including phenoxy) is 1. The largest absolute Gasteiger partial charge is 0.488 e. The summed E-state index contributed by atoms with van der Waals surface area (Å²) < 4.78 is 43.3. The monoisotopic (exact) mass is 428 g/mol. The third-order valence-electron chi connectivity index (χ3n) is 6.97. The van der Waals surface area contributed by atoms with E-state index in [1.54, 1.807) is 0 Å². The Balaban J connectivity index is 1.54. The molecule has 1 unspecified atom stereocenters. The Morgan fingerprint density at radius 2 is 1.75 bits per heavy atom. The van der Waals surface area contributed by atoms with Crippen molar-refractivity contribution in [3.63, 3.8) is 0 Å². The van der Waals surface area contributed by atoms with Crippen molar-refractivity contribution >= 4 is 27.2 Å². The van der Waals surface area contributed by atoms with Crippen LogP contribution in [-0.4, -0.2) is 32.3 Å². The summed E-state index contributed by atoms with van der Waals surface area (Å²) in [6.45, 7) is 2.05. The number of Topliss-reactive ketones (excluding diaryl/α,β-unsaturated/α-hetero) is 1. The third-order valence-corrected chi connectivity index (χ3v) is 8.05. The van der Waals surface area contributed by atoms with Gasteiger partial charge in [-0.1, -0.05) is 11.6 Å². The van der Waals surface area contributed by atoms with Gasteiger partial charge in [0.2, 0.25) is 0 Å². The van der Waals surface area contributed by atoms with E-state index >= 15 is 0 Å². The number of carbonyl (C=O) groups excluding carboxylic acids is 1. The Hall–Kier alpha value is -1.14. The molecule has 0 spiro atoms. The predicted molar refractivity (Wildman–Crippen MR) is 106 cm³/mol. The summed E-state index contributed by atoms with van der Waals surface area (Å²) in [4.78, 5) is 12.1. The quantitative estimate of drug-likeness (QED) is 0.616. The number of rotatable bonds is 6. The lowest BCUT2D eigenvalue weighted by Crippen LogP contribution is -2.52. The van der Waals surface area contributed by atoms with E-state index in [4.69, 9.17) is 16.3 Å². The van der Waals surface area contributed by atoms with Gasteiger partial charge in [0, 0.05) is 17.7 Å². The molecule has 0 saturated heterocycles. The van der Waals surface area contributed by atoms with E-state index in [1.807, 2.05) is 6.92 Å². The number of ketones is 1. The molecule has 1 atom stereocenters. The fourth-order valence-electron chi connectivity index (χ4n) is 6.14. The van der Waals surface area contributed by atoms with Crippen LogP contribution < -0.4 is 4.74 Å². The fourth-order valence-corrected chi connectivity index (χ4v) is 6.98. The highest BCUT2D eigenvalue weighted by Gasteiger charge is 2.54. The molecule has 0 aliphatic heterocycles. The van der Waals surface area contributed by atoms with Crippen LogP contribution in [0.4, 0.5) is 4.39 Å². The van der Waals surface area contributed by atoms with Crippen molar-refractivity contribution in [2.24, 2.45) is 23.2 Å². The smallest absolute Gasteiger partial charge is 0.180 e. The zero-order chi connectivity index (χ0) is 20.3. The SMILES string of the molecule is CC(Oc1cc(F)c(C(=O)CS(C)(=O)=O)cc1Cl)C12CC3CC(CC(C3)C1)C2. The highest BCUT2D eigenvalue weighted by atomic mass is 35.5. The molecule has 1 aromatic rings. The Bertz CT molecular complexity index is 876. The van der Waals surface area contributed by atoms with E-state index in [1.165, 1.54) is 25.3 Å². The van der Waals surface area contributed by atoms with Crippen molar-refractivity contribution in [2.45, 2.75) is 51.6 Å². The summed E-state index contributed by atoms with van der Waals surface area (Å²) in [5.74, 6) is 0.206. The minimum absolute atomic E-state index is 0.0876. The lowest BCUT2D eigenvalue weighted by atomic mass is 9.48. The molecular formula is C21H26ClFO4S. The van der Waals surface area contributed by atoms with Crippen molar-refractivity contribution in [1.29, 1.82) is 0 Å². The predicted octanol–water partition coefficient (Wildman–Crippen LogP) is 4.69. The van der Waals surface area contributed by atoms with Crippen LogP contribution in [0, 0.1) is 29.0 Å². The molecule has 0 amide bonds. The molecule has 0 N–H and O–H groups in total. The molecule has 28 heavy (non-hydrogen) atoms. The van der Waals surface area contributed by atoms with Crippen molar-refractivity contribution < 1.29 is 22.3 Å². The van der Waals surface area contributed by atoms with Crippen LogP contribution in [0.1, 0.15) is 55.8 Å². The van der Waals surface area contributed by atoms with Gasteiger partial charge in [-0.05, 0) is 69.3 Å². The van der Waals surface area contributed by atoms with Crippen LogP contribution in [0.25, 0.3) is 0 Å². The van der Waals surface area contributed by atoms with E-state index in [9.17, 15) is 17.6 Å². The van der Waals surface area contributed by atoms with Crippen LogP contribution in [-0.2, 0) is 9.84 Å². The van der Waals surface area contributed by atoms with Gasteiger partial charge in [0.15, 0.2) is 15.6 Å². The first-order chi connectivity index (χ1) is 13.0. The minimum Gasteiger partial charge on any atom is -0.488 e. The number of hydrogen-bond acceptors (Lipinski definition) is 4. The van der Waals surface area contributed by atoms with Crippen LogP contribution in [0.3, 0.4) is 0 Å². The highest BCUT2D eigenvalue weighted by molar-refractivity contribution is 7.91. The van der Waals surface area contributed by atoms with Crippen LogP contribution in [0.5, 0.6) is 5.75 Å². The second-order valence-corrected chi connectivity index (χ2v) is 11.8. The van der Waals surface area contributed by atoms with E-state index in [0.29, 0.717) is 0 Å². The van der Waals surface area contributed by atoms with Gasteiger partial charge < -0.3 is 4.74 Å². The molecule has 4 aliphatic rings. The van der Waals surface area contributed by atoms with Gasteiger partial charge in [0.25, 0.3) is 0 Å². The molecule has 0 heterocycles. The van der Waals surface area contributed by atoms with Crippen molar-refractivity contribution in [3.8, 4) is 5.75 Å². The average Bonchev–Trinajstić information content (AvgIpc) is 2.54. The van der Waals surface area contributed by atoms with Crippen molar-refractivity contribution in [2.75, 3.05) is 12.0 Å². The van der Waals surface area contributed by atoms with Crippen molar-refractivity contribution in [1.82, 2.24) is 0 Å². The summed E-state index contributed by atoms with van der Waals surface area (Å²) in [6, 6.07) is 2.31. The van der Waals surface area contributed by atoms with E-state index in [2.05, 4.69) is 0 Å². The van der Waals surface area contributed by atoms with Gasteiger partial charge in [-0.25, -0.2) is 12.8 Å². The number of hydrogen-bond donors (Lipinski definition) is 0. The molecular weight excluding hydrogens is 403 g/mol. The van der Waals surface area contributed by atoms with Crippen LogP contribution in [0.15, 0.2) is 12.1 Å². The zero-order valence-corrected chi connectivity index (χ0v) is 17.8. The average molecular weight is 429 g/mol. The van der Waals surface area contributed by atoms with Gasteiger partial charge in [-0.15, -0.1) is 0 Å². The normalized spacial score (nSPS) is 32.4. The summed E-state index contributed by atoms with van der Waals surface area (Å²) in [5, 5.41) is 0.134. The molecule has 154 valence electrons. The molecule has 4 fully saturated rings. The topological polar surface area (TPSA) is 60.4 Å². The molecule has 0 radical (unpaired) electrons. The van der Waals surface area contributed by atoms with Gasteiger partial charge in [-0.2, -0.15) is 0 Å². The fraction of sp³-hybridized carbons (Fsp3) is 0.667. The maximum absolute atomic E-state index is 14.5. The second-order valence-electron chi connectivity index (χ2n) is 9.30. The molecule has 7 heteroatoms. The molecule has 5 rings (SSSR count). The first-order valence-electron chi connectivity index (χ1n) is 9.91. The Kier molecular flexibility index (Phi) is 5.02. The van der Waals surface area contributed by atoms with Gasteiger partial charge >= 0.3 is 0 Å². The molecule has 1 aromatic carbocycles. The molecule has 0 aromatic heterocycles. The Labute approximate surface area is 170 Å². The van der Waals surface area contributed by atoms with Crippen LogP contribution >= 0.6 is 11.6 Å². The molecule has 4 bridgehead atoms. The molecule has 4 saturated carbocycles. The maximum atomic E-state index is 14.5. The number of sulfone groups is 1. The van der Waals surface area contributed by atoms with Crippen molar-refractivity contribution in [3.05, 3.63) is 28.5 Å². The highest BCUT2D eigenvalue weighted by Crippen LogP contribution is 2.61. The zero-order valence-electron chi connectivity index (χ0n) is 16.2. The van der Waals surface area contributed by atoms with E-state index < -0.39 is 27.2 Å². The maximum Gasteiger partial charge on any atom is 0.180 e. The first kappa shape index (κ1) is 20.1. The number of benzene rings is 1. The number of carbonyl (C=O) groups is 1. The van der Waals surface area contributed by atoms with Gasteiger partial charge in [0.05, 0.1) is 10.6 Å². The summed E-state index contributed by atoms with van der Waals surface area (Å²) in [6.07, 6.45) is 8.32. The Morgan fingerprint density at radius 3 is 2.25 bits per heavy atom. The van der Waals surface area contributed by atoms with Gasteiger partial charge in [0.1, 0.15) is 23.4 Å². The first-order valence-corrected chi connectivity index (χ1v) is 12.3. The van der Waals surface area contributed by atoms with Crippen LogP contribution in [0.2, 0.25) is 5.02 Å². The summed E-state index contributed by atoms with van der Waals surface area (Å²) >= 11 is 6.28. The van der Waals surface area contributed by atoms with Gasteiger partial charge in [-0.3, -0.25) is 4.79 Å². The van der Waals surface area contributed by atoms with E-state index in [0.717, 1.165) is 49.3 Å². The lowest BCUT2D eigenvalue weighted by Gasteiger charge is -2.58. The Morgan fingerprint density at radius 1 is 1.21 bits per heavy atom. The van der Waals surface area contributed by atoms with E-state index in [-0.39, 0.29) is 27.9 Å². The minimum atomic E-state index is -3.55. The number of halogens is 2. The summed E-state index contributed by atoms with van der Waals surface area (Å²) in [5.41, 5.74) is -0.190. The standard InChI is InChI=1S/C21H26ClFO4S/c1-12(21-8-13-3-14(9-21)5-15(4-13)10-21)27-20-7-18(23)16(6-17(20)22)19(24)11-28(2,25)26/h6-7,12-15H,3-5,8-11H2,1-2H3.